The number of fused-ring (bicyclic) bond motifs is 6. The van der Waals surface area contributed by atoms with Crippen LogP contribution >= 0.6 is 11.3 Å². The molecule has 0 radical (unpaired) electrons. The van der Waals surface area contributed by atoms with Gasteiger partial charge >= 0.3 is 7.12 Å². The topological polar surface area (TPSA) is 40.5 Å². The van der Waals surface area contributed by atoms with Crippen LogP contribution < -0.4 is 5.46 Å². The minimum absolute atomic E-state index is 0.518. The molecule has 0 aliphatic rings. The Balaban J connectivity index is 1.91. The lowest BCUT2D eigenvalue weighted by molar-refractivity contribution is 0.426. The lowest BCUT2D eigenvalue weighted by atomic mass is 9.79. The van der Waals surface area contributed by atoms with E-state index in [0.717, 1.165) is 10.8 Å². The molecule has 0 atom stereocenters. The Morgan fingerprint density at radius 3 is 2.25 bits per heavy atom. The molecular formula is C20H13BO2S. The molecule has 24 heavy (non-hydrogen) atoms. The second kappa shape index (κ2) is 5.05. The van der Waals surface area contributed by atoms with Crippen molar-refractivity contribution in [2.24, 2.45) is 0 Å². The van der Waals surface area contributed by atoms with E-state index in [0.29, 0.717) is 5.46 Å². The van der Waals surface area contributed by atoms with Gasteiger partial charge in [-0.05, 0) is 45.2 Å². The summed E-state index contributed by atoms with van der Waals surface area (Å²) in [4.78, 5) is 0. The molecule has 0 aliphatic heterocycles. The summed E-state index contributed by atoms with van der Waals surface area (Å²) in [6, 6.07) is 22.8. The highest BCUT2D eigenvalue weighted by Gasteiger charge is 2.13. The van der Waals surface area contributed by atoms with Crippen molar-refractivity contribution in [2.45, 2.75) is 0 Å². The highest BCUT2D eigenvalue weighted by Crippen LogP contribution is 2.37. The lowest BCUT2D eigenvalue weighted by Gasteiger charge is -2.07. The number of benzene rings is 4. The maximum absolute atomic E-state index is 9.39. The summed E-state index contributed by atoms with van der Waals surface area (Å²) in [7, 11) is -1.44. The third kappa shape index (κ3) is 1.98. The third-order valence-electron chi connectivity index (χ3n) is 4.66. The van der Waals surface area contributed by atoms with Gasteiger partial charge in [0.2, 0.25) is 0 Å². The first kappa shape index (κ1) is 14.0. The van der Waals surface area contributed by atoms with Gasteiger partial charge in [0.05, 0.1) is 0 Å². The van der Waals surface area contributed by atoms with E-state index in [1.807, 2.05) is 29.5 Å². The van der Waals surface area contributed by atoms with E-state index in [4.69, 9.17) is 0 Å². The van der Waals surface area contributed by atoms with Gasteiger partial charge in [0, 0.05) is 20.2 Å². The van der Waals surface area contributed by atoms with Gasteiger partial charge in [-0.25, -0.2) is 0 Å². The van der Waals surface area contributed by atoms with Crippen LogP contribution in [-0.4, -0.2) is 17.2 Å². The van der Waals surface area contributed by atoms with E-state index in [9.17, 15) is 10.0 Å². The fraction of sp³-hybridized carbons (Fsp3) is 0. The summed E-state index contributed by atoms with van der Waals surface area (Å²) < 4.78 is 2.60. The SMILES string of the molecule is OB(O)c1ccc2c(ccc3cc4sc5ccccc5c4cc32)c1. The summed E-state index contributed by atoms with van der Waals surface area (Å²) in [6.07, 6.45) is 0. The second-order valence-corrected chi connectivity index (χ2v) is 7.17. The Kier molecular flexibility index (Phi) is 2.94. The van der Waals surface area contributed by atoms with Gasteiger partial charge in [0.1, 0.15) is 0 Å². The van der Waals surface area contributed by atoms with Gasteiger partial charge in [-0.3, -0.25) is 0 Å². The predicted octanol–water partition coefficient (Wildman–Crippen LogP) is 4.04. The van der Waals surface area contributed by atoms with Gasteiger partial charge in [-0.1, -0.05) is 48.5 Å². The van der Waals surface area contributed by atoms with Crippen molar-refractivity contribution < 1.29 is 10.0 Å². The third-order valence-corrected chi connectivity index (χ3v) is 5.79. The molecule has 0 unspecified atom stereocenters. The van der Waals surface area contributed by atoms with Gasteiger partial charge in [-0.15, -0.1) is 11.3 Å². The van der Waals surface area contributed by atoms with Crippen LogP contribution in [0.15, 0.2) is 66.7 Å². The van der Waals surface area contributed by atoms with Crippen molar-refractivity contribution in [2.75, 3.05) is 0 Å². The Labute approximate surface area is 142 Å². The smallest absolute Gasteiger partial charge is 0.423 e. The van der Waals surface area contributed by atoms with E-state index >= 15 is 0 Å². The van der Waals surface area contributed by atoms with E-state index in [1.165, 1.54) is 30.9 Å². The Morgan fingerprint density at radius 2 is 1.42 bits per heavy atom. The summed E-state index contributed by atoms with van der Waals surface area (Å²) in [5.41, 5.74) is 0.518. The molecule has 1 aromatic heterocycles. The molecule has 4 heteroatoms. The molecule has 2 nitrogen and oxygen atoms in total. The van der Waals surface area contributed by atoms with Crippen molar-refractivity contribution in [1.29, 1.82) is 0 Å². The van der Waals surface area contributed by atoms with Crippen molar-refractivity contribution in [1.82, 2.24) is 0 Å². The summed E-state index contributed by atoms with van der Waals surface area (Å²) in [6.45, 7) is 0. The van der Waals surface area contributed by atoms with Crippen molar-refractivity contribution in [3.8, 4) is 0 Å². The first-order valence-electron chi connectivity index (χ1n) is 7.84. The van der Waals surface area contributed by atoms with Crippen LogP contribution in [0, 0.1) is 0 Å². The zero-order valence-corrected chi connectivity index (χ0v) is 13.5. The number of rotatable bonds is 1. The molecular weight excluding hydrogens is 315 g/mol. The monoisotopic (exact) mass is 328 g/mol. The molecule has 2 N–H and O–H groups in total. The fourth-order valence-corrected chi connectivity index (χ4v) is 4.60. The molecule has 0 aliphatic carbocycles. The standard InChI is InChI=1S/C20H13BO2S/c22-21(23)14-7-8-15-12(9-14)5-6-13-10-20-18(11-17(13)15)16-3-1-2-4-19(16)24-20/h1-11,22-23H. The van der Waals surface area contributed by atoms with Crippen LogP contribution in [-0.2, 0) is 0 Å². The molecule has 0 saturated heterocycles. The second-order valence-electron chi connectivity index (χ2n) is 6.09. The molecule has 0 amide bonds. The van der Waals surface area contributed by atoms with Crippen LogP contribution in [0.4, 0.5) is 0 Å². The van der Waals surface area contributed by atoms with Crippen molar-refractivity contribution in [3.05, 3.63) is 66.7 Å². The summed E-state index contributed by atoms with van der Waals surface area (Å²) >= 11 is 1.82. The molecule has 0 fully saturated rings. The van der Waals surface area contributed by atoms with Gasteiger partial charge in [-0.2, -0.15) is 0 Å². The van der Waals surface area contributed by atoms with Crippen LogP contribution in [0.5, 0.6) is 0 Å². The van der Waals surface area contributed by atoms with Crippen LogP contribution in [0.3, 0.4) is 0 Å². The average Bonchev–Trinajstić information content (AvgIpc) is 2.96. The normalized spacial score (nSPS) is 11.8. The zero-order valence-electron chi connectivity index (χ0n) is 12.7. The van der Waals surface area contributed by atoms with E-state index in [2.05, 4.69) is 42.5 Å². The maximum atomic E-state index is 9.39. The van der Waals surface area contributed by atoms with Gasteiger partial charge in [0.15, 0.2) is 0 Å². The molecule has 0 spiro atoms. The Hall–Kier alpha value is -2.40. The fourth-order valence-electron chi connectivity index (χ4n) is 3.46. The van der Waals surface area contributed by atoms with Crippen LogP contribution in [0.25, 0.3) is 41.7 Å². The molecule has 1 heterocycles. The molecule has 5 aromatic rings. The van der Waals surface area contributed by atoms with Gasteiger partial charge < -0.3 is 10.0 Å². The zero-order chi connectivity index (χ0) is 16.3. The number of hydrogen-bond donors (Lipinski definition) is 2. The summed E-state index contributed by atoms with van der Waals surface area (Å²) in [5.74, 6) is 0. The lowest BCUT2D eigenvalue weighted by Crippen LogP contribution is -2.29. The van der Waals surface area contributed by atoms with Crippen molar-refractivity contribution in [3.63, 3.8) is 0 Å². The molecule has 0 saturated carbocycles. The average molecular weight is 328 g/mol. The molecule has 5 rings (SSSR count). The Bertz CT molecular complexity index is 1240. The largest absolute Gasteiger partial charge is 0.488 e. The summed E-state index contributed by atoms with van der Waals surface area (Å²) in [5, 5.41) is 25.9. The van der Waals surface area contributed by atoms with Crippen LogP contribution in [0.1, 0.15) is 0 Å². The molecule has 4 aromatic carbocycles. The first-order chi connectivity index (χ1) is 11.7. The van der Waals surface area contributed by atoms with E-state index in [1.54, 1.807) is 6.07 Å². The van der Waals surface area contributed by atoms with E-state index < -0.39 is 7.12 Å². The van der Waals surface area contributed by atoms with E-state index in [-0.39, 0.29) is 0 Å². The van der Waals surface area contributed by atoms with Gasteiger partial charge in [0.25, 0.3) is 0 Å². The minimum Gasteiger partial charge on any atom is -0.423 e. The first-order valence-corrected chi connectivity index (χ1v) is 8.66. The molecule has 0 bridgehead atoms. The number of thiophene rings is 1. The minimum atomic E-state index is -1.44. The number of hydrogen-bond acceptors (Lipinski definition) is 3. The van der Waals surface area contributed by atoms with Crippen LogP contribution in [0.2, 0.25) is 0 Å². The maximum Gasteiger partial charge on any atom is 0.488 e. The molecule has 114 valence electrons. The highest BCUT2D eigenvalue weighted by atomic mass is 32.1. The Morgan fingerprint density at radius 1 is 0.625 bits per heavy atom. The highest BCUT2D eigenvalue weighted by molar-refractivity contribution is 7.25. The van der Waals surface area contributed by atoms with Crippen molar-refractivity contribution >= 4 is 65.6 Å². The quantitative estimate of drug-likeness (QED) is 0.360. The predicted molar refractivity (Wildman–Crippen MR) is 104 cm³/mol.